The highest BCUT2D eigenvalue weighted by molar-refractivity contribution is 6.45. The van der Waals surface area contributed by atoms with E-state index in [-0.39, 0.29) is 22.9 Å². The molecule has 6 heterocycles. The van der Waals surface area contributed by atoms with Gasteiger partial charge in [-0.1, -0.05) is 29.8 Å². The standard InChI is InChI=1S/C33H41Cl2N7O2/c1-5-26(43)39-16-32(17-39)12-22(13-32)42-20(2)27(28-23-14-36-37-25(23)10-24(34)29(28)35)30(38-42)41-8-6-21(11-31(41,3)4)15-40-9-7-33(40)18-44-19-33/h5,10,14,21-22H,1,6-9,11-13,15-19H2,2-4H3,(H,36,37)/t21-/m1/s1. The van der Waals surface area contributed by atoms with Crippen LogP contribution in [0.3, 0.4) is 0 Å². The van der Waals surface area contributed by atoms with Crippen LogP contribution in [0.5, 0.6) is 0 Å². The molecule has 9 nitrogen and oxygen atoms in total. The van der Waals surface area contributed by atoms with Crippen molar-refractivity contribution < 1.29 is 9.53 Å². The molecule has 1 atom stereocenters. The summed E-state index contributed by atoms with van der Waals surface area (Å²) in [7, 11) is 0. The third kappa shape index (κ3) is 4.22. The van der Waals surface area contributed by atoms with E-state index in [0.717, 1.165) is 98.6 Å². The number of H-pyrrole nitrogens is 1. The molecule has 0 radical (unpaired) electrons. The molecule has 5 fully saturated rings. The average Bonchev–Trinajstić information content (AvgIpc) is 3.48. The number of rotatable bonds is 6. The first-order valence-electron chi connectivity index (χ1n) is 16.0. The molecule has 1 N–H and O–H groups in total. The number of nitrogens with zero attached hydrogens (tertiary/aromatic N) is 6. The molecule has 44 heavy (non-hydrogen) atoms. The number of amides is 1. The summed E-state index contributed by atoms with van der Waals surface area (Å²) >= 11 is 13.8. The van der Waals surface area contributed by atoms with E-state index >= 15 is 0 Å². The van der Waals surface area contributed by atoms with Crippen molar-refractivity contribution in [2.75, 3.05) is 50.8 Å². The van der Waals surface area contributed by atoms with Crippen LogP contribution >= 0.6 is 23.2 Å². The Labute approximate surface area is 268 Å². The van der Waals surface area contributed by atoms with Gasteiger partial charge in [-0.2, -0.15) is 10.2 Å². The Kier molecular flexibility index (Phi) is 6.53. The summed E-state index contributed by atoms with van der Waals surface area (Å²) in [5.74, 6) is 1.63. The van der Waals surface area contributed by atoms with Crippen molar-refractivity contribution >= 4 is 45.8 Å². The lowest BCUT2D eigenvalue weighted by molar-refractivity contribution is -0.196. The number of aromatic amines is 1. The van der Waals surface area contributed by atoms with Crippen LogP contribution in [0, 0.1) is 18.3 Å². The van der Waals surface area contributed by atoms with E-state index in [0.29, 0.717) is 21.5 Å². The van der Waals surface area contributed by atoms with Gasteiger partial charge in [-0.25, -0.2) is 0 Å². The van der Waals surface area contributed by atoms with Crippen molar-refractivity contribution in [1.82, 2.24) is 29.8 Å². The second-order valence-corrected chi connectivity index (χ2v) is 15.6. The number of aromatic nitrogens is 4. The maximum atomic E-state index is 12.1. The molecular weight excluding hydrogens is 597 g/mol. The minimum Gasteiger partial charge on any atom is -0.377 e. The summed E-state index contributed by atoms with van der Waals surface area (Å²) in [5, 5.41) is 14.8. The highest BCUT2D eigenvalue weighted by atomic mass is 35.5. The smallest absolute Gasteiger partial charge is 0.245 e. The molecule has 1 aliphatic carbocycles. The van der Waals surface area contributed by atoms with Crippen LogP contribution in [0.2, 0.25) is 10.0 Å². The highest BCUT2D eigenvalue weighted by Crippen LogP contribution is 2.56. The van der Waals surface area contributed by atoms with Gasteiger partial charge >= 0.3 is 0 Å². The van der Waals surface area contributed by atoms with Gasteiger partial charge in [0.05, 0.1) is 46.6 Å². The van der Waals surface area contributed by atoms with Gasteiger partial charge in [-0.3, -0.25) is 19.5 Å². The number of fused-ring (bicyclic) bond motifs is 1. The average molecular weight is 639 g/mol. The van der Waals surface area contributed by atoms with E-state index < -0.39 is 0 Å². The van der Waals surface area contributed by atoms with Crippen molar-refractivity contribution in [3.8, 4) is 11.1 Å². The lowest BCUT2D eigenvalue weighted by atomic mass is 9.60. The Bertz CT molecular complexity index is 1650. The number of hydrogen-bond donors (Lipinski definition) is 1. The second kappa shape index (κ2) is 9.95. The Morgan fingerprint density at radius 2 is 1.95 bits per heavy atom. The van der Waals surface area contributed by atoms with E-state index in [1.165, 1.54) is 19.0 Å². The number of ether oxygens (including phenoxy) is 1. The Balaban J connectivity index is 1.13. The molecular formula is C33H41Cl2N7O2. The summed E-state index contributed by atoms with van der Waals surface area (Å²) in [6.07, 6.45) is 8.75. The normalized spacial score (nSPS) is 25.5. The summed E-state index contributed by atoms with van der Waals surface area (Å²) < 4.78 is 7.83. The summed E-state index contributed by atoms with van der Waals surface area (Å²) in [5.41, 5.74) is 4.30. The molecule has 1 saturated carbocycles. The quantitative estimate of drug-likeness (QED) is 0.341. The van der Waals surface area contributed by atoms with Crippen LogP contribution in [0.15, 0.2) is 24.9 Å². The van der Waals surface area contributed by atoms with Crippen molar-refractivity contribution in [1.29, 1.82) is 0 Å². The lowest BCUT2D eigenvalue weighted by Crippen LogP contribution is -2.71. The molecule has 4 aliphatic heterocycles. The number of anilines is 1. The third-order valence-electron chi connectivity index (χ3n) is 11.5. The molecule has 1 amide bonds. The first-order valence-corrected chi connectivity index (χ1v) is 16.7. The molecule has 2 spiro atoms. The fourth-order valence-electron chi connectivity index (χ4n) is 8.97. The van der Waals surface area contributed by atoms with Gasteiger partial charge in [-0.15, -0.1) is 0 Å². The number of likely N-dealkylation sites (tertiary alicyclic amines) is 2. The van der Waals surface area contributed by atoms with E-state index in [9.17, 15) is 4.79 Å². The molecule has 11 heteroatoms. The molecule has 0 unspecified atom stereocenters. The fourth-order valence-corrected chi connectivity index (χ4v) is 9.42. The van der Waals surface area contributed by atoms with Gasteiger partial charge in [-0.05, 0) is 70.9 Å². The Morgan fingerprint density at radius 1 is 1.18 bits per heavy atom. The van der Waals surface area contributed by atoms with Gasteiger partial charge in [0.25, 0.3) is 0 Å². The second-order valence-electron chi connectivity index (χ2n) is 14.8. The van der Waals surface area contributed by atoms with E-state index in [1.54, 1.807) is 0 Å². The zero-order chi connectivity index (χ0) is 30.6. The van der Waals surface area contributed by atoms with Crippen LogP contribution in [-0.2, 0) is 9.53 Å². The van der Waals surface area contributed by atoms with Crippen LogP contribution in [0.25, 0.3) is 22.0 Å². The predicted octanol–water partition coefficient (Wildman–Crippen LogP) is 5.86. The molecule has 2 aromatic heterocycles. The maximum Gasteiger partial charge on any atom is 0.245 e. The Morgan fingerprint density at radius 3 is 2.59 bits per heavy atom. The summed E-state index contributed by atoms with van der Waals surface area (Å²) in [6.45, 7) is 17.2. The maximum absolute atomic E-state index is 12.1. The first kappa shape index (κ1) is 28.9. The minimum atomic E-state index is -0.0989. The molecule has 0 bridgehead atoms. The third-order valence-corrected chi connectivity index (χ3v) is 12.3. The van der Waals surface area contributed by atoms with E-state index in [4.69, 9.17) is 33.0 Å². The van der Waals surface area contributed by atoms with Crippen LogP contribution in [0.1, 0.15) is 57.7 Å². The van der Waals surface area contributed by atoms with Crippen molar-refractivity contribution in [2.24, 2.45) is 11.3 Å². The zero-order valence-electron chi connectivity index (χ0n) is 25.8. The van der Waals surface area contributed by atoms with E-state index in [2.05, 4.69) is 52.0 Å². The van der Waals surface area contributed by atoms with Crippen LogP contribution in [-0.4, -0.2) is 92.7 Å². The van der Waals surface area contributed by atoms with Crippen LogP contribution in [0.4, 0.5) is 5.82 Å². The van der Waals surface area contributed by atoms with Crippen molar-refractivity contribution in [2.45, 2.75) is 70.0 Å². The molecule has 8 rings (SSSR count). The number of carbonyl (C=O) groups is 1. The Hall–Kier alpha value is -2.59. The lowest BCUT2D eigenvalue weighted by Gasteiger charge is -2.59. The topological polar surface area (TPSA) is 82.5 Å². The van der Waals surface area contributed by atoms with Gasteiger partial charge < -0.3 is 14.5 Å². The number of nitrogens with one attached hydrogen (secondary N) is 1. The summed E-state index contributed by atoms with van der Waals surface area (Å²) in [4.78, 5) is 19.2. The van der Waals surface area contributed by atoms with Crippen LogP contribution < -0.4 is 4.90 Å². The monoisotopic (exact) mass is 637 g/mol. The van der Waals surface area contributed by atoms with Crippen molar-refractivity contribution in [3.05, 3.63) is 40.7 Å². The number of halogens is 2. The fraction of sp³-hybridized carbons (Fsp3) is 0.606. The van der Waals surface area contributed by atoms with Crippen molar-refractivity contribution in [3.63, 3.8) is 0 Å². The van der Waals surface area contributed by atoms with E-state index in [1.807, 2.05) is 17.2 Å². The van der Waals surface area contributed by atoms with Gasteiger partial charge in [0.15, 0.2) is 5.82 Å². The SMILES string of the molecule is C=CC(=O)N1CC2(CC(n3nc(N4CC[C@@H](CN5CCC56COC6)CC4(C)C)c(-c4c(Cl)c(Cl)cc5[nH]ncc45)c3C)C2)C1. The highest BCUT2D eigenvalue weighted by Gasteiger charge is 2.55. The molecule has 234 valence electrons. The van der Waals surface area contributed by atoms with Gasteiger partial charge in [0.2, 0.25) is 5.91 Å². The summed E-state index contributed by atoms with van der Waals surface area (Å²) in [6, 6.07) is 2.12. The largest absolute Gasteiger partial charge is 0.377 e. The van der Waals surface area contributed by atoms with Gasteiger partial charge in [0, 0.05) is 65.9 Å². The zero-order valence-corrected chi connectivity index (χ0v) is 27.3. The number of hydrogen-bond acceptors (Lipinski definition) is 6. The number of piperidine rings is 1. The molecule has 4 saturated heterocycles. The molecule has 3 aromatic rings. The predicted molar refractivity (Wildman–Crippen MR) is 173 cm³/mol. The molecule has 5 aliphatic rings. The minimum absolute atomic E-state index is 0.0228. The van der Waals surface area contributed by atoms with Gasteiger partial charge in [0.1, 0.15) is 0 Å². The number of benzene rings is 1. The first-order chi connectivity index (χ1) is 21.0. The molecule has 1 aromatic carbocycles. The number of carbonyl (C=O) groups excluding carboxylic acids is 1.